The summed E-state index contributed by atoms with van der Waals surface area (Å²) in [6.07, 6.45) is 8.81. The summed E-state index contributed by atoms with van der Waals surface area (Å²) >= 11 is 6.11. The number of halogens is 1. The van der Waals surface area contributed by atoms with E-state index < -0.39 is 0 Å². The molecule has 57 heavy (non-hydrogen) atoms. The van der Waals surface area contributed by atoms with Crippen LogP contribution in [0, 0.1) is 17.8 Å². The molecule has 0 amide bonds. The lowest BCUT2D eigenvalue weighted by Crippen LogP contribution is -2.51. The van der Waals surface area contributed by atoms with Crippen molar-refractivity contribution in [1.82, 2.24) is 14.8 Å². The number of benzene rings is 5. The molecule has 0 saturated carbocycles. The number of hydrogen-bond donors (Lipinski definition) is 1. The van der Waals surface area contributed by atoms with E-state index in [0.29, 0.717) is 29.9 Å². The summed E-state index contributed by atoms with van der Waals surface area (Å²) in [6.45, 7) is 4.56. The molecule has 0 spiro atoms. The number of hydrogen-bond acceptors (Lipinski definition) is 4. The molecular formula is C51H56ClN3O2. The van der Waals surface area contributed by atoms with Crippen molar-refractivity contribution in [3.63, 3.8) is 0 Å². The SMILES string of the molecule is Cn1c(COc2ccc(Cl)cc2)c(C(=O)CCC2CCNCC2CCCC2CCN(C(c3ccccc3)(c3ccccc3)c3ccccc3)CC2)c2ccccc21. The Kier molecular flexibility index (Phi) is 12.6. The summed E-state index contributed by atoms with van der Waals surface area (Å²) in [4.78, 5) is 16.9. The molecule has 0 radical (unpaired) electrons. The molecular weight excluding hydrogens is 722 g/mol. The Bertz CT molecular complexity index is 2100. The fourth-order valence-electron chi connectivity index (χ4n) is 10.1. The van der Waals surface area contributed by atoms with Crippen LogP contribution in [0.4, 0.5) is 0 Å². The monoisotopic (exact) mass is 777 g/mol. The highest BCUT2D eigenvalue weighted by molar-refractivity contribution is 6.30. The number of piperidine rings is 2. The van der Waals surface area contributed by atoms with Crippen LogP contribution in [0.5, 0.6) is 5.75 Å². The molecule has 294 valence electrons. The minimum Gasteiger partial charge on any atom is -0.487 e. The van der Waals surface area contributed by atoms with Gasteiger partial charge in [-0.1, -0.05) is 134 Å². The summed E-state index contributed by atoms with van der Waals surface area (Å²) < 4.78 is 8.32. The van der Waals surface area contributed by atoms with Gasteiger partial charge in [-0.25, -0.2) is 0 Å². The molecule has 1 aromatic heterocycles. The summed E-state index contributed by atoms with van der Waals surface area (Å²) in [5.41, 5.74) is 6.47. The maximum Gasteiger partial charge on any atom is 0.165 e. The quantitative estimate of drug-likeness (QED) is 0.0833. The van der Waals surface area contributed by atoms with E-state index in [1.54, 1.807) is 0 Å². The van der Waals surface area contributed by atoms with Crippen LogP contribution in [0.15, 0.2) is 140 Å². The molecule has 5 nitrogen and oxygen atoms in total. The van der Waals surface area contributed by atoms with Crippen LogP contribution in [-0.4, -0.2) is 41.4 Å². The number of nitrogens with zero attached hydrogens (tertiary/aromatic N) is 2. The number of aryl methyl sites for hydroxylation is 1. The summed E-state index contributed by atoms with van der Waals surface area (Å²) in [6, 6.07) is 49.0. The van der Waals surface area contributed by atoms with E-state index in [-0.39, 0.29) is 11.3 Å². The Hall–Kier alpha value is -4.68. The highest BCUT2D eigenvalue weighted by Crippen LogP contribution is 2.45. The molecule has 0 bridgehead atoms. The zero-order valence-corrected chi connectivity index (χ0v) is 34.0. The molecule has 3 heterocycles. The second-order valence-electron chi connectivity index (χ2n) is 16.3. The van der Waals surface area contributed by atoms with Crippen molar-refractivity contribution < 1.29 is 9.53 Å². The fourth-order valence-corrected chi connectivity index (χ4v) is 10.2. The van der Waals surface area contributed by atoms with E-state index in [1.807, 2.05) is 43.4 Å². The van der Waals surface area contributed by atoms with Crippen LogP contribution in [0.25, 0.3) is 10.9 Å². The molecule has 2 atom stereocenters. The number of fused-ring (bicyclic) bond motifs is 1. The standard InChI is InChI=1S/C51H56ClN3O2/c1-54-47-23-12-11-22-46(47)50(48(54)37-57-45-27-25-44(52)26-28-45)49(56)29-24-39-30-33-53-36-40(39)15-13-14-38-31-34-55(35-32-38)51(41-16-5-2-6-17-41,42-18-7-3-8-19-42)43-20-9-4-10-21-43/h2-12,16-23,25-28,38-40,53H,13-15,24,29-37H2,1H3. The minimum atomic E-state index is -0.330. The summed E-state index contributed by atoms with van der Waals surface area (Å²) in [5.74, 6) is 2.87. The third-order valence-corrected chi connectivity index (χ3v) is 13.3. The number of nitrogens with one attached hydrogen (secondary N) is 1. The van der Waals surface area contributed by atoms with Crippen molar-refractivity contribution in [2.75, 3.05) is 26.2 Å². The van der Waals surface area contributed by atoms with Gasteiger partial charge in [0.05, 0.1) is 11.2 Å². The normalized spacial score (nSPS) is 18.1. The number of ether oxygens (including phenoxy) is 1. The molecule has 0 aliphatic carbocycles. The van der Waals surface area contributed by atoms with E-state index in [2.05, 4.69) is 118 Å². The third-order valence-electron chi connectivity index (χ3n) is 13.1. The molecule has 2 saturated heterocycles. The number of aromatic nitrogens is 1. The molecule has 2 aliphatic rings. The van der Waals surface area contributed by atoms with Gasteiger partial charge in [-0.2, -0.15) is 0 Å². The van der Waals surface area contributed by atoms with Crippen molar-refractivity contribution >= 4 is 28.3 Å². The zero-order valence-electron chi connectivity index (χ0n) is 33.3. The molecule has 6 aromatic rings. The second kappa shape index (κ2) is 18.3. The van der Waals surface area contributed by atoms with Gasteiger partial charge in [0.25, 0.3) is 0 Å². The van der Waals surface area contributed by atoms with Crippen LogP contribution in [-0.2, 0) is 19.2 Å². The van der Waals surface area contributed by atoms with Gasteiger partial charge in [0.15, 0.2) is 5.78 Å². The summed E-state index contributed by atoms with van der Waals surface area (Å²) in [5, 5.41) is 5.38. The van der Waals surface area contributed by atoms with Crippen molar-refractivity contribution in [2.45, 2.75) is 63.5 Å². The molecule has 1 N–H and O–H groups in total. The average molecular weight is 778 g/mol. The molecule has 8 rings (SSSR count). The van der Waals surface area contributed by atoms with E-state index in [4.69, 9.17) is 16.3 Å². The molecule has 2 fully saturated rings. The van der Waals surface area contributed by atoms with Crippen LogP contribution in [0.2, 0.25) is 5.02 Å². The Labute approximate surface area is 344 Å². The number of para-hydroxylation sites is 1. The Morgan fingerprint density at radius 2 is 1.32 bits per heavy atom. The highest BCUT2D eigenvalue weighted by Gasteiger charge is 2.43. The predicted octanol–water partition coefficient (Wildman–Crippen LogP) is 11.5. The number of rotatable bonds is 15. The van der Waals surface area contributed by atoms with E-state index in [0.717, 1.165) is 72.8 Å². The minimum absolute atomic E-state index is 0.225. The van der Waals surface area contributed by atoms with Gasteiger partial charge in [-0.05, 0) is 123 Å². The van der Waals surface area contributed by atoms with E-state index in [9.17, 15) is 4.79 Å². The van der Waals surface area contributed by atoms with Crippen LogP contribution < -0.4 is 10.1 Å². The van der Waals surface area contributed by atoms with Gasteiger partial charge >= 0.3 is 0 Å². The molecule has 2 aliphatic heterocycles. The van der Waals surface area contributed by atoms with Crippen molar-refractivity contribution in [1.29, 1.82) is 0 Å². The zero-order chi connectivity index (χ0) is 39.0. The lowest BCUT2D eigenvalue weighted by molar-refractivity contribution is 0.0947. The molecule has 5 aromatic carbocycles. The first-order chi connectivity index (χ1) is 28.0. The average Bonchev–Trinajstić information content (AvgIpc) is 3.55. The number of ketones is 1. The van der Waals surface area contributed by atoms with Crippen LogP contribution >= 0.6 is 11.6 Å². The summed E-state index contributed by atoms with van der Waals surface area (Å²) in [7, 11) is 2.04. The molecule has 6 heteroatoms. The second-order valence-corrected chi connectivity index (χ2v) is 16.7. The number of carbonyl (C=O) groups is 1. The van der Waals surface area contributed by atoms with Gasteiger partial charge in [-0.3, -0.25) is 9.69 Å². The topological polar surface area (TPSA) is 46.5 Å². The maximum absolute atomic E-state index is 14.2. The van der Waals surface area contributed by atoms with E-state index in [1.165, 1.54) is 48.8 Å². The van der Waals surface area contributed by atoms with E-state index >= 15 is 0 Å². The largest absolute Gasteiger partial charge is 0.487 e. The van der Waals surface area contributed by atoms with Gasteiger partial charge in [0.1, 0.15) is 12.4 Å². The maximum atomic E-state index is 14.2. The Balaban J connectivity index is 0.897. The predicted molar refractivity (Wildman–Crippen MR) is 234 cm³/mol. The fraction of sp³-hybridized carbons (Fsp3) is 0.353. The lowest BCUT2D eigenvalue weighted by atomic mass is 9.74. The highest BCUT2D eigenvalue weighted by atomic mass is 35.5. The lowest BCUT2D eigenvalue weighted by Gasteiger charge is -2.48. The number of likely N-dealkylation sites (tertiary alicyclic amines) is 1. The number of Topliss-reactive ketones (excluding diaryl/α,β-unsaturated/α-hetero) is 1. The van der Waals surface area contributed by atoms with Crippen LogP contribution in [0.3, 0.4) is 0 Å². The van der Waals surface area contributed by atoms with Gasteiger partial charge in [0, 0.05) is 35.0 Å². The number of carbonyl (C=O) groups excluding carboxylic acids is 1. The van der Waals surface area contributed by atoms with Gasteiger partial charge < -0.3 is 14.6 Å². The Morgan fingerprint density at radius 3 is 1.95 bits per heavy atom. The van der Waals surface area contributed by atoms with Gasteiger partial charge in [0.2, 0.25) is 0 Å². The van der Waals surface area contributed by atoms with Crippen molar-refractivity contribution in [3.05, 3.63) is 172 Å². The van der Waals surface area contributed by atoms with Crippen LogP contribution in [0.1, 0.15) is 84.1 Å². The first-order valence-corrected chi connectivity index (χ1v) is 21.5. The van der Waals surface area contributed by atoms with Crippen molar-refractivity contribution in [2.24, 2.45) is 24.8 Å². The first-order valence-electron chi connectivity index (χ1n) is 21.1. The third kappa shape index (κ3) is 8.48. The van der Waals surface area contributed by atoms with Crippen molar-refractivity contribution in [3.8, 4) is 5.75 Å². The first kappa shape index (κ1) is 39.2. The smallest absolute Gasteiger partial charge is 0.165 e. The van der Waals surface area contributed by atoms with Gasteiger partial charge in [-0.15, -0.1) is 0 Å². The molecule has 2 unspecified atom stereocenters. The Morgan fingerprint density at radius 1 is 0.719 bits per heavy atom.